The van der Waals surface area contributed by atoms with Gasteiger partial charge in [-0.05, 0) is 38.1 Å². The molecule has 0 unspecified atom stereocenters. The van der Waals surface area contributed by atoms with Gasteiger partial charge in [0.05, 0.1) is 5.92 Å². The Balaban J connectivity index is 1.80. The fraction of sp³-hybridized carbons (Fsp3) is 0.458. The van der Waals surface area contributed by atoms with Crippen molar-refractivity contribution in [3.63, 3.8) is 0 Å². The second-order valence-corrected chi connectivity index (χ2v) is 8.01. The minimum absolute atomic E-state index is 0.0735. The maximum atomic E-state index is 13.3. The van der Waals surface area contributed by atoms with Crippen molar-refractivity contribution < 1.29 is 4.79 Å². The Hall–Kier alpha value is -2.13. The summed E-state index contributed by atoms with van der Waals surface area (Å²) in [6.07, 6.45) is 7.41. The number of nitrogens with one attached hydrogen (secondary N) is 1. The molecule has 0 atom stereocenters. The number of hydrogen-bond donors (Lipinski definition) is 1. The van der Waals surface area contributed by atoms with Crippen LogP contribution in [0.1, 0.15) is 55.6 Å². The number of carbonyl (C=O) groups excluding carboxylic acids is 1. The lowest BCUT2D eigenvalue weighted by Gasteiger charge is -2.40. The van der Waals surface area contributed by atoms with E-state index in [1.807, 2.05) is 60.7 Å². The molecule has 0 spiro atoms. The van der Waals surface area contributed by atoms with Crippen molar-refractivity contribution in [1.82, 2.24) is 10.2 Å². The molecule has 27 heavy (non-hydrogen) atoms. The Bertz CT molecular complexity index is 664. The van der Waals surface area contributed by atoms with Crippen LogP contribution < -0.4 is 5.32 Å². The molecular formula is C24H32N2O. The molecule has 1 aliphatic carbocycles. The number of nitrogens with zero attached hydrogens (tertiary/aromatic N) is 1. The average molecular weight is 365 g/mol. The Labute approximate surface area is 163 Å². The van der Waals surface area contributed by atoms with Gasteiger partial charge in [0.25, 0.3) is 0 Å². The molecule has 144 valence electrons. The SMILES string of the molecule is CN(C)C1(CNC(=O)C(c2ccccc2)c2ccccc2)CCCCCC1. The molecule has 0 saturated heterocycles. The zero-order valence-electron chi connectivity index (χ0n) is 16.7. The summed E-state index contributed by atoms with van der Waals surface area (Å²) in [4.78, 5) is 15.6. The third-order valence-electron chi connectivity index (χ3n) is 6.10. The van der Waals surface area contributed by atoms with Crippen LogP contribution >= 0.6 is 0 Å². The molecule has 0 aromatic heterocycles. The number of hydrogen-bond acceptors (Lipinski definition) is 2. The van der Waals surface area contributed by atoms with Gasteiger partial charge in [0, 0.05) is 12.1 Å². The van der Waals surface area contributed by atoms with Crippen molar-refractivity contribution in [3.05, 3.63) is 71.8 Å². The molecule has 3 nitrogen and oxygen atoms in total. The molecule has 1 amide bonds. The van der Waals surface area contributed by atoms with E-state index in [-0.39, 0.29) is 17.4 Å². The Kier molecular flexibility index (Phi) is 6.68. The fourth-order valence-corrected chi connectivity index (χ4v) is 4.31. The normalized spacial score (nSPS) is 16.9. The van der Waals surface area contributed by atoms with Crippen LogP contribution in [0.2, 0.25) is 0 Å². The van der Waals surface area contributed by atoms with Crippen molar-refractivity contribution >= 4 is 5.91 Å². The van der Waals surface area contributed by atoms with Gasteiger partial charge in [-0.15, -0.1) is 0 Å². The summed E-state index contributed by atoms with van der Waals surface area (Å²) in [6.45, 7) is 0.717. The Morgan fingerprint density at radius 1 is 0.889 bits per heavy atom. The topological polar surface area (TPSA) is 32.3 Å². The molecule has 2 aromatic rings. The van der Waals surface area contributed by atoms with Crippen LogP contribution in [0.4, 0.5) is 0 Å². The van der Waals surface area contributed by atoms with Crippen LogP contribution in [-0.2, 0) is 4.79 Å². The molecular weight excluding hydrogens is 332 g/mol. The van der Waals surface area contributed by atoms with E-state index in [4.69, 9.17) is 0 Å². The van der Waals surface area contributed by atoms with Crippen LogP contribution in [0.25, 0.3) is 0 Å². The zero-order chi connectivity index (χ0) is 19.1. The summed E-state index contributed by atoms with van der Waals surface area (Å²) in [7, 11) is 4.31. The largest absolute Gasteiger partial charge is 0.353 e. The molecule has 0 heterocycles. The highest BCUT2D eigenvalue weighted by Gasteiger charge is 2.34. The first-order valence-electron chi connectivity index (χ1n) is 10.2. The molecule has 1 aliphatic rings. The van der Waals surface area contributed by atoms with Crippen LogP contribution in [0.5, 0.6) is 0 Å². The lowest BCUT2D eigenvalue weighted by Crippen LogP contribution is -2.53. The van der Waals surface area contributed by atoms with Crippen LogP contribution in [0.15, 0.2) is 60.7 Å². The van der Waals surface area contributed by atoms with E-state index in [9.17, 15) is 4.79 Å². The van der Waals surface area contributed by atoms with Crippen LogP contribution in [0, 0.1) is 0 Å². The Morgan fingerprint density at radius 3 is 1.81 bits per heavy atom. The number of amides is 1. The lowest BCUT2D eigenvalue weighted by atomic mass is 9.87. The molecule has 1 saturated carbocycles. The van der Waals surface area contributed by atoms with Crippen molar-refractivity contribution in [1.29, 1.82) is 0 Å². The highest BCUT2D eigenvalue weighted by Crippen LogP contribution is 2.31. The van der Waals surface area contributed by atoms with Gasteiger partial charge < -0.3 is 10.2 Å². The highest BCUT2D eigenvalue weighted by atomic mass is 16.1. The van der Waals surface area contributed by atoms with E-state index >= 15 is 0 Å². The maximum Gasteiger partial charge on any atom is 0.232 e. The first-order chi connectivity index (χ1) is 13.1. The Morgan fingerprint density at radius 2 is 1.37 bits per heavy atom. The molecule has 0 aliphatic heterocycles. The first-order valence-corrected chi connectivity index (χ1v) is 10.2. The number of rotatable bonds is 6. The second-order valence-electron chi connectivity index (χ2n) is 8.01. The molecule has 1 N–H and O–H groups in total. The number of benzene rings is 2. The highest BCUT2D eigenvalue weighted by molar-refractivity contribution is 5.87. The van der Waals surface area contributed by atoms with Gasteiger partial charge in [0.2, 0.25) is 5.91 Å². The van der Waals surface area contributed by atoms with Gasteiger partial charge in [-0.2, -0.15) is 0 Å². The quantitative estimate of drug-likeness (QED) is 0.761. The number of likely N-dealkylation sites (N-methyl/N-ethyl adjacent to an activating group) is 1. The summed E-state index contributed by atoms with van der Waals surface area (Å²) in [5.74, 6) is -0.171. The predicted octanol–water partition coefficient (Wildman–Crippen LogP) is 4.59. The molecule has 0 radical (unpaired) electrons. The van der Waals surface area contributed by atoms with E-state index < -0.39 is 0 Å². The fourth-order valence-electron chi connectivity index (χ4n) is 4.31. The third-order valence-corrected chi connectivity index (χ3v) is 6.10. The van der Waals surface area contributed by atoms with Crippen LogP contribution in [0.3, 0.4) is 0 Å². The summed E-state index contributed by atoms with van der Waals surface area (Å²) >= 11 is 0. The number of carbonyl (C=O) groups is 1. The molecule has 0 bridgehead atoms. The second kappa shape index (κ2) is 9.18. The molecule has 3 heteroatoms. The van der Waals surface area contributed by atoms with E-state index in [2.05, 4.69) is 24.3 Å². The minimum atomic E-state index is -0.266. The minimum Gasteiger partial charge on any atom is -0.353 e. The van der Waals surface area contributed by atoms with Gasteiger partial charge >= 0.3 is 0 Å². The predicted molar refractivity (Wildman–Crippen MR) is 112 cm³/mol. The summed E-state index contributed by atoms with van der Waals surface area (Å²) in [5.41, 5.74) is 2.16. The lowest BCUT2D eigenvalue weighted by molar-refractivity contribution is -0.122. The van der Waals surface area contributed by atoms with Crippen LogP contribution in [-0.4, -0.2) is 37.0 Å². The molecule has 1 fully saturated rings. The smallest absolute Gasteiger partial charge is 0.232 e. The summed E-state index contributed by atoms with van der Waals surface area (Å²) < 4.78 is 0. The van der Waals surface area contributed by atoms with E-state index in [0.717, 1.165) is 30.5 Å². The molecule has 3 rings (SSSR count). The monoisotopic (exact) mass is 364 g/mol. The molecule has 2 aromatic carbocycles. The van der Waals surface area contributed by atoms with Gasteiger partial charge in [0.1, 0.15) is 0 Å². The average Bonchev–Trinajstić information content (AvgIpc) is 2.95. The van der Waals surface area contributed by atoms with Gasteiger partial charge in [-0.25, -0.2) is 0 Å². The summed E-state index contributed by atoms with van der Waals surface area (Å²) in [6, 6.07) is 20.2. The zero-order valence-corrected chi connectivity index (χ0v) is 16.7. The first kappa shape index (κ1) is 19.6. The third kappa shape index (κ3) is 4.78. The van der Waals surface area contributed by atoms with E-state index in [1.54, 1.807) is 0 Å². The maximum absolute atomic E-state index is 13.3. The standard InChI is InChI=1S/C24H32N2O/c1-26(2)24(17-11-3-4-12-18-24)19-25-23(27)22(20-13-7-5-8-14-20)21-15-9-6-10-16-21/h5-10,13-16,22H,3-4,11-12,17-19H2,1-2H3,(H,25,27). The van der Waals surface area contributed by atoms with Crippen molar-refractivity contribution in [2.45, 2.75) is 50.0 Å². The van der Waals surface area contributed by atoms with Gasteiger partial charge in [-0.3, -0.25) is 4.79 Å². The summed E-state index contributed by atoms with van der Waals surface area (Å²) in [5, 5.41) is 3.32. The van der Waals surface area contributed by atoms with Crippen molar-refractivity contribution in [3.8, 4) is 0 Å². The van der Waals surface area contributed by atoms with E-state index in [0.29, 0.717) is 0 Å². The van der Waals surface area contributed by atoms with Gasteiger partial charge in [0.15, 0.2) is 0 Å². The van der Waals surface area contributed by atoms with Gasteiger partial charge in [-0.1, -0.05) is 86.3 Å². The van der Waals surface area contributed by atoms with Crippen molar-refractivity contribution in [2.24, 2.45) is 0 Å². The van der Waals surface area contributed by atoms with Crippen molar-refractivity contribution in [2.75, 3.05) is 20.6 Å². The van der Waals surface area contributed by atoms with E-state index in [1.165, 1.54) is 25.7 Å².